The van der Waals surface area contributed by atoms with Crippen LogP contribution in [0, 0.1) is 19.7 Å². The first kappa shape index (κ1) is 22.8. The molecular weight excluding hydrogens is 421 g/mol. The van der Waals surface area contributed by atoms with Gasteiger partial charge in [-0.1, -0.05) is 18.2 Å². The maximum Gasteiger partial charge on any atom is 0.224 e. The van der Waals surface area contributed by atoms with Crippen molar-refractivity contribution in [1.82, 2.24) is 19.9 Å². The molecule has 0 radical (unpaired) electrons. The summed E-state index contributed by atoms with van der Waals surface area (Å²) in [7, 11) is 0. The van der Waals surface area contributed by atoms with Crippen LogP contribution in [0.5, 0.6) is 0 Å². The van der Waals surface area contributed by atoms with Crippen LogP contribution in [0.2, 0.25) is 0 Å². The fourth-order valence-corrected chi connectivity index (χ4v) is 3.89. The van der Waals surface area contributed by atoms with Gasteiger partial charge in [0.25, 0.3) is 0 Å². The Bertz CT molecular complexity index is 1090. The van der Waals surface area contributed by atoms with E-state index in [1.165, 1.54) is 12.1 Å². The number of carbonyl (C=O) groups is 1. The van der Waals surface area contributed by atoms with Gasteiger partial charge in [0.15, 0.2) is 0 Å². The van der Waals surface area contributed by atoms with E-state index in [0.717, 1.165) is 28.3 Å². The van der Waals surface area contributed by atoms with Crippen molar-refractivity contribution in [3.8, 4) is 0 Å². The standard InChI is InChI=1S/C25H28FN5O2/c1-17-14-18(2)29-25(28-17)27-11-10-24(32)31-12-13-33-23(16-31)22-5-3-4-21(30-22)15-19-6-8-20(26)9-7-19/h3-9,14,23H,10-13,15-16H2,1-2H3,(H,27,28,29). The zero-order valence-electron chi connectivity index (χ0n) is 18.9. The summed E-state index contributed by atoms with van der Waals surface area (Å²) in [6.07, 6.45) is 0.683. The molecule has 1 saturated heterocycles. The molecule has 172 valence electrons. The van der Waals surface area contributed by atoms with E-state index >= 15 is 0 Å². The summed E-state index contributed by atoms with van der Waals surface area (Å²) >= 11 is 0. The lowest BCUT2D eigenvalue weighted by Crippen LogP contribution is -2.43. The van der Waals surface area contributed by atoms with Gasteiger partial charge in [0, 0.05) is 43.0 Å². The number of pyridine rings is 1. The summed E-state index contributed by atoms with van der Waals surface area (Å²) in [5.74, 6) is 0.350. The van der Waals surface area contributed by atoms with Crippen LogP contribution < -0.4 is 5.32 Å². The van der Waals surface area contributed by atoms with E-state index in [-0.39, 0.29) is 17.8 Å². The molecule has 7 nitrogen and oxygen atoms in total. The number of rotatable bonds is 7. The minimum atomic E-state index is -0.272. The molecule has 1 aliphatic heterocycles. The molecule has 8 heteroatoms. The minimum Gasteiger partial charge on any atom is -0.368 e. The van der Waals surface area contributed by atoms with Crippen LogP contribution in [0.3, 0.4) is 0 Å². The van der Waals surface area contributed by atoms with Crippen molar-refractivity contribution < 1.29 is 13.9 Å². The zero-order valence-corrected chi connectivity index (χ0v) is 18.9. The van der Waals surface area contributed by atoms with Crippen molar-refractivity contribution in [2.75, 3.05) is 31.6 Å². The Labute approximate surface area is 193 Å². The van der Waals surface area contributed by atoms with E-state index in [9.17, 15) is 9.18 Å². The molecule has 0 aliphatic carbocycles. The summed E-state index contributed by atoms with van der Waals surface area (Å²) in [6.45, 7) is 5.79. The van der Waals surface area contributed by atoms with Gasteiger partial charge >= 0.3 is 0 Å². The molecule has 33 heavy (non-hydrogen) atoms. The molecule has 1 N–H and O–H groups in total. The average Bonchev–Trinajstić information content (AvgIpc) is 2.80. The molecule has 0 spiro atoms. The topological polar surface area (TPSA) is 80.2 Å². The molecule has 2 aromatic heterocycles. The van der Waals surface area contributed by atoms with Crippen LogP contribution in [-0.2, 0) is 16.0 Å². The first-order chi connectivity index (χ1) is 16.0. The number of amides is 1. The number of halogens is 1. The van der Waals surface area contributed by atoms with Crippen molar-refractivity contribution >= 4 is 11.9 Å². The Kier molecular flexibility index (Phi) is 7.24. The van der Waals surface area contributed by atoms with E-state index in [1.54, 1.807) is 12.1 Å². The molecule has 1 unspecified atom stereocenters. The highest BCUT2D eigenvalue weighted by Crippen LogP contribution is 2.22. The van der Waals surface area contributed by atoms with Crippen molar-refractivity contribution in [3.05, 3.63) is 82.7 Å². The van der Waals surface area contributed by atoms with Gasteiger partial charge in [-0.15, -0.1) is 0 Å². The minimum absolute atomic E-state index is 0.0580. The highest BCUT2D eigenvalue weighted by Gasteiger charge is 2.26. The Balaban J connectivity index is 1.33. The number of carbonyl (C=O) groups excluding carboxylic acids is 1. The maximum absolute atomic E-state index is 13.2. The van der Waals surface area contributed by atoms with Crippen molar-refractivity contribution in [1.29, 1.82) is 0 Å². The number of aromatic nitrogens is 3. The fourth-order valence-electron chi connectivity index (χ4n) is 3.89. The van der Waals surface area contributed by atoms with Crippen LogP contribution >= 0.6 is 0 Å². The number of hydrogen-bond acceptors (Lipinski definition) is 6. The Hall–Kier alpha value is -3.39. The number of aryl methyl sites for hydroxylation is 2. The van der Waals surface area contributed by atoms with Gasteiger partial charge < -0.3 is 15.0 Å². The van der Waals surface area contributed by atoms with Gasteiger partial charge in [-0.25, -0.2) is 14.4 Å². The van der Waals surface area contributed by atoms with Crippen LogP contribution in [0.25, 0.3) is 0 Å². The molecular formula is C25H28FN5O2. The summed E-state index contributed by atoms with van der Waals surface area (Å²) in [6, 6.07) is 14.1. The monoisotopic (exact) mass is 449 g/mol. The van der Waals surface area contributed by atoms with Crippen LogP contribution in [0.1, 0.15) is 40.9 Å². The molecule has 3 aromatic rings. The van der Waals surface area contributed by atoms with Gasteiger partial charge in [-0.3, -0.25) is 9.78 Å². The number of morpholine rings is 1. The second kappa shape index (κ2) is 10.5. The number of nitrogens with zero attached hydrogens (tertiary/aromatic N) is 4. The van der Waals surface area contributed by atoms with Crippen molar-refractivity contribution in [3.63, 3.8) is 0 Å². The van der Waals surface area contributed by atoms with E-state index < -0.39 is 0 Å². The summed E-state index contributed by atoms with van der Waals surface area (Å²) in [4.78, 5) is 28.0. The fraction of sp³-hybridized carbons (Fsp3) is 0.360. The molecule has 0 saturated carbocycles. The number of anilines is 1. The number of hydrogen-bond donors (Lipinski definition) is 1. The van der Waals surface area contributed by atoms with E-state index in [1.807, 2.05) is 43.0 Å². The summed E-state index contributed by atoms with van der Waals surface area (Å²) in [5, 5.41) is 3.14. The third-order valence-electron chi connectivity index (χ3n) is 5.48. The van der Waals surface area contributed by atoms with Crippen LogP contribution in [-0.4, -0.2) is 52.0 Å². The van der Waals surface area contributed by atoms with Crippen molar-refractivity contribution in [2.45, 2.75) is 32.8 Å². The lowest BCUT2D eigenvalue weighted by Gasteiger charge is -2.33. The number of nitrogens with one attached hydrogen (secondary N) is 1. The van der Waals surface area contributed by atoms with Gasteiger partial charge in [-0.2, -0.15) is 0 Å². The summed E-state index contributed by atoms with van der Waals surface area (Å²) in [5.41, 5.74) is 4.45. The lowest BCUT2D eigenvalue weighted by atomic mass is 10.1. The SMILES string of the molecule is Cc1cc(C)nc(NCCC(=O)N2CCOC(c3cccc(Cc4ccc(F)cc4)n3)C2)n1. The third kappa shape index (κ3) is 6.32. The number of benzene rings is 1. The second-order valence-electron chi connectivity index (χ2n) is 8.21. The largest absolute Gasteiger partial charge is 0.368 e. The smallest absolute Gasteiger partial charge is 0.224 e. The van der Waals surface area contributed by atoms with Crippen molar-refractivity contribution in [2.24, 2.45) is 0 Å². The van der Waals surface area contributed by atoms with E-state index in [2.05, 4.69) is 15.3 Å². The Morgan fingerprint density at radius 2 is 1.88 bits per heavy atom. The lowest BCUT2D eigenvalue weighted by molar-refractivity contribution is -0.138. The molecule has 1 aromatic carbocycles. The molecule has 4 rings (SSSR count). The van der Waals surface area contributed by atoms with Gasteiger partial charge in [0.2, 0.25) is 11.9 Å². The quantitative estimate of drug-likeness (QED) is 0.594. The molecule has 0 bridgehead atoms. The van der Waals surface area contributed by atoms with Crippen LogP contribution in [0.4, 0.5) is 10.3 Å². The highest BCUT2D eigenvalue weighted by atomic mass is 19.1. The normalized spacial score (nSPS) is 16.0. The first-order valence-corrected chi connectivity index (χ1v) is 11.1. The van der Waals surface area contributed by atoms with Gasteiger partial charge in [0.1, 0.15) is 11.9 Å². The maximum atomic E-state index is 13.2. The van der Waals surface area contributed by atoms with Gasteiger partial charge in [0.05, 0.1) is 18.8 Å². The second-order valence-corrected chi connectivity index (χ2v) is 8.21. The highest BCUT2D eigenvalue weighted by molar-refractivity contribution is 5.76. The average molecular weight is 450 g/mol. The van der Waals surface area contributed by atoms with Gasteiger partial charge in [-0.05, 0) is 49.7 Å². The molecule has 3 heterocycles. The van der Waals surface area contributed by atoms with Crippen LogP contribution in [0.15, 0.2) is 48.5 Å². The molecule has 1 amide bonds. The molecule has 1 aliphatic rings. The predicted molar refractivity (Wildman–Crippen MR) is 123 cm³/mol. The number of ether oxygens (including phenoxy) is 1. The summed E-state index contributed by atoms with van der Waals surface area (Å²) < 4.78 is 19.1. The first-order valence-electron chi connectivity index (χ1n) is 11.1. The Morgan fingerprint density at radius 3 is 2.64 bits per heavy atom. The predicted octanol–water partition coefficient (Wildman–Crippen LogP) is 3.62. The third-order valence-corrected chi connectivity index (χ3v) is 5.48. The molecule has 1 atom stereocenters. The molecule has 1 fully saturated rings. The zero-order chi connectivity index (χ0) is 23.2. The van der Waals surface area contributed by atoms with E-state index in [4.69, 9.17) is 9.72 Å². The Morgan fingerprint density at radius 1 is 1.12 bits per heavy atom. The van der Waals surface area contributed by atoms with E-state index in [0.29, 0.717) is 45.0 Å².